The molecule has 4 saturated carbocycles. The molecule has 3 nitrogen and oxygen atoms in total. The molecule has 0 saturated heterocycles. The molecule has 23 heavy (non-hydrogen) atoms. The van der Waals surface area contributed by atoms with Gasteiger partial charge in [-0.05, 0) is 92.9 Å². The molecule has 3 heteroatoms. The number of hydrogen-bond donors (Lipinski definition) is 0. The Bertz CT molecular complexity index is 594. The number of ketones is 1. The van der Waals surface area contributed by atoms with Gasteiger partial charge in [0.2, 0.25) is 0 Å². The third-order valence-electron chi connectivity index (χ3n) is 6.18. The molecule has 0 unspecified atom stereocenters. The lowest BCUT2D eigenvalue weighted by Gasteiger charge is -2.56. The van der Waals surface area contributed by atoms with Crippen LogP contribution in [0.1, 0.15) is 62.2 Å². The van der Waals surface area contributed by atoms with Crippen LogP contribution < -0.4 is 4.74 Å². The first-order valence-corrected chi connectivity index (χ1v) is 8.83. The van der Waals surface area contributed by atoms with E-state index < -0.39 is 0 Å². The van der Waals surface area contributed by atoms with E-state index in [1.54, 1.807) is 24.3 Å². The number of carbonyl (C=O) groups is 2. The monoisotopic (exact) mass is 312 g/mol. The van der Waals surface area contributed by atoms with Crippen LogP contribution in [0.3, 0.4) is 0 Å². The van der Waals surface area contributed by atoms with Crippen molar-refractivity contribution < 1.29 is 14.3 Å². The summed E-state index contributed by atoms with van der Waals surface area (Å²) in [7, 11) is 0. The van der Waals surface area contributed by atoms with E-state index in [-0.39, 0.29) is 17.2 Å². The van der Waals surface area contributed by atoms with Crippen LogP contribution in [0.5, 0.6) is 5.75 Å². The molecule has 1 aromatic carbocycles. The summed E-state index contributed by atoms with van der Waals surface area (Å²) in [6.07, 6.45) is 8.39. The van der Waals surface area contributed by atoms with Gasteiger partial charge in [-0.15, -0.1) is 0 Å². The molecule has 0 aliphatic heterocycles. The molecule has 4 fully saturated rings. The number of benzene rings is 1. The molecule has 0 amide bonds. The van der Waals surface area contributed by atoms with Gasteiger partial charge in [0.05, 0.1) is 6.42 Å². The SMILES string of the molecule is CC(=O)c1ccc(OC(=O)CC23CC4CC(CC(C4)C2)C3)cc1. The van der Waals surface area contributed by atoms with Crippen LogP contribution in [0, 0.1) is 23.2 Å². The number of Topliss-reactive ketones (excluding diaryl/α,β-unsaturated/α-hetero) is 1. The molecule has 0 N–H and O–H groups in total. The van der Waals surface area contributed by atoms with Gasteiger partial charge in [0.1, 0.15) is 5.75 Å². The lowest BCUT2D eigenvalue weighted by Crippen LogP contribution is -2.47. The van der Waals surface area contributed by atoms with E-state index in [0.717, 1.165) is 17.8 Å². The highest BCUT2D eigenvalue weighted by Crippen LogP contribution is 2.61. The summed E-state index contributed by atoms with van der Waals surface area (Å²) in [4.78, 5) is 23.7. The normalized spacial score (nSPS) is 34.4. The number of carbonyl (C=O) groups excluding carboxylic acids is 2. The highest BCUT2D eigenvalue weighted by Gasteiger charge is 2.51. The minimum absolute atomic E-state index is 0.0245. The summed E-state index contributed by atoms with van der Waals surface area (Å²) in [5, 5.41) is 0. The van der Waals surface area contributed by atoms with Gasteiger partial charge in [-0.2, -0.15) is 0 Å². The van der Waals surface area contributed by atoms with Crippen molar-refractivity contribution in [2.45, 2.75) is 51.9 Å². The van der Waals surface area contributed by atoms with E-state index in [0.29, 0.717) is 17.7 Å². The second-order valence-electron chi connectivity index (χ2n) is 8.15. The first-order valence-electron chi connectivity index (χ1n) is 8.83. The Morgan fingerprint density at radius 3 is 2.00 bits per heavy atom. The highest BCUT2D eigenvalue weighted by atomic mass is 16.5. The first-order chi connectivity index (χ1) is 11.0. The fraction of sp³-hybridized carbons (Fsp3) is 0.600. The summed E-state index contributed by atoms with van der Waals surface area (Å²) in [5.41, 5.74) is 0.858. The van der Waals surface area contributed by atoms with Crippen molar-refractivity contribution in [2.24, 2.45) is 23.2 Å². The summed E-state index contributed by atoms with van der Waals surface area (Å²) < 4.78 is 5.54. The molecule has 0 spiro atoms. The molecule has 0 aromatic heterocycles. The molecule has 4 bridgehead atoms. The lowest BCUT2D eigenvalue weighted by molar-refractivity contribution is -0.142. The Morgan fingerprint density at radius 2 is 1.52 bits per heavy atom. The van der Waals surface area contributed by atoms with Crippen molar-refractivity contribution in [3.8, 4) is 5.75 Å². The number of esters is 1. The highest BCUT2D eigenvalue weighted by molar-refractivity contribution is 5.94. The van der Waals surface area contributed by atoms with Gasteiger partial charge in [0.15, 0.2) is 5.78 Å². The predicted molar refractivity (Wildman–Crippen MR) is 87.3 cm³/mol. The average Bonchev–Trinajstić information content (AvgIpc) is 2.45. The van der Waals surface area contributed by atoms with Crippen LogP contribution in [-0.4, -0.2) is 11.8 Å². The Kier molecular flexibility index (Phi) is 3.55. The van der Waals surface area contributed by atoms with E-state index in [1.165, 1.54) is 45.4 Å². The maximum Gasteiger partial charge on any atom is 0.311 e. The zero-order valence-corrected chi connectivity index (χ0v) is 13.7. The third-order valence-corrected chi connectivity index (χ3v) is 6.18. The van der Waals surface area contributed by atoms with Crippen LogP contribution >= 0.6 is 0 Å². The average molecular weight is 312 g/mol. The molecule has 0 atom stereocenters. The molecule has 0 radical (unpaired) electrons. The Balaban J connectivity index is 1.41. The topological polar surface area (TPSA) is 43.4 Å². The number of rotatable bonds is 4. The number of hydrogen-bond acceptors (Lipinski definition) is 3. The quantitative estimate of drug-likeness (QED) is 0.470. The maximum atomic E-state index is 12.4. The zero-order valence-electron chi connectivity index (χ0n) is 13.7. The van der Waals surface area contributed by atoms with Crippen LogP contribution in [-0.2, 0) is 4.79 Å². The summed E-state index contributed by atoms with van der Waals surface area (Å²) in [5.74, 6) is 3.01. The van der Waals surface area contributed by atoms with Crippen LogP contribution in [0.4, 0.5) is 0 Å². The van der Waals surface area contributed by atoms with E-state index in [2.05, 4.69) is 0 Å². The molecular weight excluding hydrogens is 288 g/mol. The maximum absolute atomic E-state index is 12.4. The predicted octanol–water partition coefficient (Wildman–Crippen LogP) is 4.40. The van der Waals surface area contributed by atoms with Crippen molar-refractivity contribution in [3.05, 3.63) is 29.8 Å². The molecule has 5 rings (SSSR count). The fourth-order valence-corrected chi connectivity index (χ4v) is 5.74. The summed E-state index contributed by atoms with van der Waals surface area (Å²) >= 11 is 0. The van der Waals surface area contributed by atoms with Gasteiger partial charge in [0.25, 0.3) is 0 Å². The van der Waals surface area contributed by atoms with Crippen molar-refractivity contribution >= 4 is 11.8 Å². The van der Waals surface area contributed by atoms with Crippen molar-refractivity contribution in [3.63, 3.8) is 0 Å². The lowest BCUT2D eigenvalue weighted by atomic mass is 9.49. The second-order valence-corrected chi connectivity index (χ2v) is 8.15. The fourth-order valence-electron chi connectivity index (χ4n) is 5.74. The summed E-state index contributed by atoms with van der Waals surface area (Å²) in [6.45, 7) is 1.54. The van der Waals surface area contributed by atoms with Gasteiger partial charge in [0, 0.05) is 5.56 Å². The van der Waals surface area contributed by atoms with Crippen molar-refractivity contribution in [2.75, 3.05) is 0 Å². The molecule has 4 aliphatic carbocycles. The van der Waals surface area contributed by atoms with Crippen LogP contribution in [0.2, 0.25) is 0 Å². The van der Waals surface area contributed by atoms with Gasteiger partial charge in [-0.25, -0.2) is 0 Å². The molecule has 4 aliphatic rings. The Hall–Kier alpha value is -1.64. The van der Waals surface area contributed by atoms with Gasteiger partial charge in [-0.1, -0.05) is 0 Å². The minimum Gasteiger partial charge on any atom is -0.427 e. The molecule has 122 valence electrons. The Labute approximate surface area is 137 Å². The summed E-state index contributed by atoms with van der Waals surface area (Å²) in [6, 6.07) is 6.87. The van der Waals surface area contributed by atoms with Crippen LogP contribution in [0.15, 0.2) is 24.3 Å². The molecule has 0 heterocycles. The smallest absolute Gasteiger partial charge is 0.311 e. The molecule has 1 aromatic rings. The van der Waals surface area contributed by atoms with Gasteiger partial charge >= 0.3 is 5.97 Å². The van der Waals surface area contributed by atoms with Gasteiger partial charge in [-0.3, -0.25) is 9.59 Å². The second kappa shape index (κ2) is 5.47. The van der Waals surface area contributed by atoms with Crippen LogP contribution in [0.25, 0.3) is 0 Å². The third kappa shape index (κ3) is 2.93. The minimum atomic E-state index is -0.109. The van der Waals surface area contributed by atoms with E-state index in [1.807, 2.05) is 0 Å². The molecular formula is C20H24O3. The Morgan fingerprint density at radius 1 is 1.00 bits per heavy atom. The largest absolute Gasteiger partial charge is 0.427 e. The first kappa shape index (κ1) is 14.9. The van der Waals surface area contributed by atoms with Crippen molar-refractivity contribution in [1.82, 2.24) is 0 Å². The van der Waals surface area contributed by atoms with Crippen molar-refractivity contribution in [1.29, 1.82) is 0 Å². The van der Waals surface area contributed by atoms with E-state index in [4.69, 9.17) is 4.74 Å². The zero-order chi connectivity index (χ0) is 16.0. The number of ether oxygens (including phenoxy) is 1. The van der Waals surface area contributed by atoms with E-state index >= 15 is 0 Å². The standard InChI is InChI=1S/C20H24O3/c1-13(21)17-2-4-18(5-3-17)23-19(22)12-20-9-14-6-15(10-20)8-16(7-14)11-20/h2-5,14-16H,6-12H2,1H3. The van der Waals surface area contributed by atoms with Gasteiger partial charge < -0.3 is 4.74 Å². The van der Waals surface area contributed by atoms with E-state index in [9.17, 15) is 9.59 Å².